The van der Waals surface area contributed by atoms with Crippen molar-refractivity contribution in [2.45, 2.75) is 62.8 Å². The molecule has 0 saturated heterocycles. The fourth-order valence-electron chi connectivity index (χ4n) is 2.61. The molecule has 0 spiro atoms. The zero-order valence-corrected chi connectivity index (χ0v) is 13.4. The lowest BCUT2D eigenvalue weighted by atomic mass is 9.87. The van der Waals surface area contributed by atoms with Gasteiger partial charge in [-0.25, -0.2) is 0 Å². The van der Waals surface area contributed by atoms with Crippen LogP contribution in [0, 0.1) is 0 Å². The summed E-state index contributed by atoms with van der Waals surface area (Å²) in [6.45, 7) is 7.93. The molecule has 0 bridgehead atoms. The van der Waals surface area contributed by atoms with Crippen molar-refractivity contribution in [1.82, 2.24) is 5.32 Å². The van der Waals surface area contributed by atoms with Crippen molar-refractivity contribution >= 4 is 11.8 Å². The lowest BCUT2D eigenvalue weighted by Gasteiger charge is -2.19. The van der Waals surface area contributed by atoms with E-state index in [-0.39, 0.29) is 5.41 Å². The zero-order chi connectivity index (χ0) is 13.7. The summed E-state index contributed by atoms with van der Waals surface area (Å²) in [5.41, 5.74) is 1.67. The van der Waals surface area contributed by atoms with E-state index in [9.17, 15) is 0 Å². The molecule has 1 aliphatic carbocycles. The summed E-state index contributed by atoms with van der Waals surface area (Å²) in [7, 11) is 0. The van der Waals surface area contributed by atoms with E-state index in [1.807, 2.05) is 11.8 Å². The molecule has 106 valence electrons. The van der Waals surface area contributed by atoms with Crippen LogP contribution in [0.3, 0.4) is 0 Å². The van der Waals surface area contributed by atoms with Gasteiger partial charge in [0.05, 0.1) is 0 Å². The SMILES string of the molecule is CC(C)(C)c1ccc(SCCNC2CCCC2)cc1. The van der Waals surface area contributed by atoms with Crippen LogP contribution in [-0.4, -0.2) is 18.3 Å². The van der Waals surface area contributed by atoms with Crippen molar-refractivity contribution in [3.8, 4) is 0 Å². The molecule has 1 aromatic carbocycles. The summed E-state index contributed by atoms with van der Waals surface area (Å²) >= 11 is 1.96. The molecule has 1 aliphatic rings. The lowest BCUT2D eigenvalue weighted by molar-refractivity contribution is 0.545. The minimum absolute atomic E-state index is 0.257. The molecule has 1 saturated carbocycles. The van der Waals surface area contributed by atoms with Gasteiger partial charge in [0.15, 0.2) is 0 Å². The molecule has 0 radical (unpaired) electrons. The van der Waals surface area contributed by atoms with Crippen molar-refractivity contribution in [2.24, 2.45) is 0 Å². The van der Waals surface area contributed by atoms with E-state index in [0.717, 1.165) is 12.6 Å². The average Bonchev–Trinajstić information content (AvgIpc) is 2.87. The maximum atomic E-state index is 3.67. The van der Waals surface area contributed by atoms with Gasteiger partial charge in [0.2, 0.25) is 0 Å². The van der Waals surface area contributed by atoms with Crippen molar-refractivity contribution in [3.63, 3.8) is 0 Å². The van der Waals surface area contributed by atoms with Crippen LogP contribution in [0.25, 0.3) is 0 Å². The number of hydrogen-bond donors (Lipinski definition) is 1. The fraction of sp³-hybridized carbons (Fsp3) is 0.647. The molecule has 1 fully saturated rings. The zero-order valence-electron chi connectivity index (χ0n) is 12.5. The van der Waals surface area contributed by atoms with Gasteiger partial charge >= 0.3 is 0 Å². The Balaban J connectivity index is 1.71. The largest absolute Gasteiger partial charge is 0.313 e. The van der Waals surface area contributed by atoms with E-state index in [2.05, 4.69) is 50.4 Å². The van der Waals surface area contributed by atoms with E-state index in [0.29, 0.717) is 0 Å². The maximum absolute atomic E-state index is 3.67. The monoisotopic (exact) mass is 277 g/mol. The molecule has 1 nitrogen and oxygen atoms in total. The molecule has 0 atom stereocenters. The Morgan fingerprint density at radius 3 is 2.32 bits per heavy atom. The highest BCUT2D eigenvalue weighted by Crippen LogP contribution is 2.25. The van der Waals surface area contributed by atoms with Crippen LogP contribution in [-0.2, 0) is 5.41 Å². The van der Waals surface area contributed by atoms with Gasteiger partial charge in [-0.05, 0) is 36.0 Å². The number of hydrogen-bond acceptors (Lipinski definition) is 2. The predicted octanol–water partition coefficient (Wildman–Crippen LogP) is 4.61. The molecule has 0 amide bonds. The van der Waals surface area contributed by atoms with Gasteiger partial charge in [-0.15, -0.1) is 11.8 Å². The van der Waals surface area contributed by atoms with Gasteiger partial charge < -0.3 is 5.32 Å². The first-order chi connectivity index (χ1) is 9.05. The topological polar surface area (TPSA) is 12.0 Å². The summed E-state index contributed by atoms with van der Waals surface area (Å²) in [4.78, 5) is 1.39. The average molecular weight is 277 g/mol. The summed E-state index contributed by atoms with van der Waals surface area (Å²) in [5.74, 6) is 1.17. The Labute approximate surface area is 122 Å². The van der Waals surface area contributed by atoms with Gasteiger partial charge in [-0.3, -0.25) is 0 Å². The van der Waals surface area contributed by atoms with E-state index in [4.69, 9.17) is 0 Å². The third-order valence-electron chi connectivity index (χ3n) is 3.88. The Bertz CT molecular complexity index is 371. The molecule has 0 aromatic heterocycles. The minimum atomic E-state index is 0.257. The summed E-state index contributed by atoms with van der Waals surface area (Å²) in [6, 6.07) is 9.87. The Morgan fingerprint density at radius 1 is 1.11 bits per heavy atom. The van der Waals surface area contributed by atoms with Crippen LogP contribution >= 0.6 is 11.8 Å². The van der Waals surface area contributed by atoms with Crippen LogP contribution in [0.1, 0.15) is 52.0 Å². The van der Waals surface area contributed by atoms with Gasteiger partial charge in [0.25, 0.3) is 0 Å². The molecule has 2 rings (SSSR count). The number of rotatable bonds is 5. The fourth-order valence-corrected chi connectivity index (χ4v) is 3.40. The molecule has 0 aliphatic heterocycles. The third kappa shape index (κ3) is 4.85. The van der Waals surface area contributed by atoms with Gasteiger partial charge in [-0.2, -0.15) is 0 Å². The smallest absolute Gasteiger partial charge is 0.0106 e. The van der Waals surface area contributed by atoms with Crippen LogP contribution in [0.2, 0.25) is 0 Å². The van der Waals surface area contributed by atoms with Gasteiger partial charge in [0.1, 0.15) is 0 Å². The molecule has 0 heterocycles. The second-order valence-corrected chi connectivity index (χ2v) is 7.73. The molecule has 2 heteroatoms. The van der Waals surface area contributed by atoms with E-state index in [1.165, 1.54) is 41.9 Å². The second kappa shape index (κ2) is 6.81. The predicted molar refractivity (Wildman–Crippen MR) is 86.1 cm³/mol. The minimum Gasteiger partial charge on any atom is -0.313 e. The highest BCUT2D eigenvalue weighted by molar-refractivity contribution is 7.99. The molecular formula is C17H27NS. The summed E-state index contributed by atoms with van der Waals surface area (Å²) < 4.78 is 0. The highest BCUT2D eigenvalue weighted by atomic mass is 32.2. The molecule has 19 heavy (non-hydrogen) atoms. The molecular weight excluding hydrogens is 250 g/mol. The quantitative estimate of drug-likeness (QED) is 0.623. The van der Waals surface area contributed by atoms with E-state index >= 15 is 0 Å². The number of benzene rings is 1. The summed E-state index contributed by atoms with van der Waals surface area (Å²) in [5, 5.41) is 3.67. The Morgan fingerprint density at radius 2 is 1.74 bits per heavy atom. The first kappa shape index (κ1) is 14.9. The number of thioether (sulfide) groups is 1. The van der Waals surface area contributed by atoms with Crippen molar-refractivity contribution in [2.75, 3.05) is 12.3 Å². The van der Waals surface area contributed by atoms with E-state index < -0.39 is 0 Å². The van der Waals surface area contributed by atoms with Crippen molar-refractivity contribution in [1.29, 1.82) is 0 Å². The number of nitrogens with one attached hydrogen (secondary N) is 1. The Hall–Kier alpha value is -0.470. The van der Waals surface area contributed by atoms with Crippen LogP contribution in [0.5, 0.6) is 0 Å². The van der Waals surface area contributed by atoms with Crippen molar-refractivity contribution in [3.05, 3.63) is 29.8 Å². The van der Waals surface area contributed by atoms with Crippen LogP contribution in [0.15, 0.2) is 29.2 Å². The standard InChI is InChI=1S/C17H27NS/c1-17(2,3)14-8-10-16(11-9-14)19-13-12-18-15-6-4-5-7-15/h8-11,15,18H,4-7,12-13H2,1-3H3. The molecule has 1 aromatic rings. The first-order valence-electron chi connectivity index (χ1n) is 7.52. The Kier molecular flexibility index (Phi) is 5.35. The normalized spacial score (nSPS) is 17.0. The van der Waals surface area contributed by atoms with E-state index in [1.54, 1.807) is 0 Å². The lowest BCUT2D eigenvalue weighted by Crippen LogP contribution is -2.27. The van der Waals surface area contributed by atoms with Crippen LogP contribution in [0.4, 0.5) is 0 Å². The van der Waals surface area contributed by atoms with Gasteiger partial charge in [-0.1, -0.05) is 45.7 Å². The third-order valence-corrected chi connectivity index (χ3v) is 4.89. The highest BCUT2D eigenvalue weighted by Gasteiger charge is 2.14. The maximum Gasteiger partial charge on any atom is 0.0106 e. The first-order valence-corrected chi connectivity index (χ1v) is 8.51. The second-order valence-electron chi connectivity index (χ2n) is 6.56. The van der Waals surface area contributed by atoms with Crippen molar-refractivity contribution < 1.29 is 0 Å². The van der Waals surface area contributed by atoms with Crippen LogP contribution < -0.4 is 5.32 Å². The molecule has 1 N–H and O–H groups in total. The van der Waals surface area contributed by atoms with Gasteiger partial charge in [0, 0.05) is 23.2 Å². The summed E-state index contributed by atoms with van der Waals surface area (Å²) in [6.07, 6.45) is 5.59. The molecule has 0 unspecified atom stereocenters.